The van der Waals surface area contributed by atoms with Gasteiger partial charge in [-0.25, -0.2) is 0 Å². The molecule has 1 aromatic carbocycles. The first kappa shape index (κ1) is 12.5. The quantitative estimate of drug-likeness (QED) is 0.863. The van der Waals surface area contributed by atoms with Gasteiger partial charge in [0.15, 0.2) is 0 Å². The molecule has 1 aromatic heterocycles. The van der Waals surface area contributed by atoms with Crippen LogP contribution in [-0.4, -0.2) is 21.7 Å². The van der Waals surface area contributed by atoms with Crippen LogP contribution < -0.4 is 5.32 Å². The molecule has 0 spiro atoms. The number of para-hydroxylation sites is 1. The molecule has 2 rings (SSSR count). The molecule has 0 aliphatic carbocycles. The summed E-state index contributed by atoms with van der Waals surface area (Å²) in [6.45, 7) is 3.88. The number of hydrogen-bond donors (Lipinski definition) is 2. The highest BCUT2D eigenvalue weighted by atomic mass is 16.3. The zero-order valence-electron chi connectivity index (χ0n) is 10.6. The summed E-state index contributed by atoms with van der Waals surface area (Å²) in [6.07, 6.45) is 4.92. The molecular formula is C14H17N3O. The standard InChI is InChI=1S/C14H17N3O/c1-11-5-3-4-6-12(11)17-14(2,10-18)13-9-15-7-8-16-13/h3-9,17-18H,10H2,1-2H3. The molecule has 0 amide bonds. The number of rotatable bonds is 4. The summed E-state index contributed by atoms with van der Waals surface area (Å²) < 4.78 is 0. The molecule has 0 saturated heterocycles. The zero-order valence-corrected chi connectivity index (χ0v) is 10.6. The van der Waals surface area contributed by atoms with E-state index in [1.807, 2.05) is 38.1 Å². The lowest BCUT2D eigenvalue weighted by Crippen LogP contribution is -2.37. The molecular weight excluding hydrogens is 226 g/mol. The molecule has 0 aliphatic rings. The van der Waals surface area contributed by atoms with Gasteiger partial charge in [0.25, 0.3) is 0 Å². The smallest absolute Gasteiger partial charge is 0.102 e. The van der Waals surface area contributed by atoms with Crippen LogP contribution >= 0.6 is 0 Å². The van der Waals surface area contributed by atoms with Crippen molar-refractivity contribution in [3.63, 3.8) is 0 Å². The lowest BCUT2D eigenvalue weighted by molar-refractivity contribution is 0.220. The second kappa shape index (κ2) is 5.14. The van der Waals surface area contributed by atoms with Gasteiger partial charge in [0.05, 0.1) is 18.5 Å². The van der Waals surface area contributed by atoms with Gasteiger partial charge in [0.2, 0.25) is 0 Å². The van der Waals surface area contributed by atoms with Gasteiger partial charge in [0, 0.05) is 18.1 Å². The molecule has 2 N–H and O–H groups in total. The molecule has 4 nitrogen and oxygen atoms in total. The van der Waals surface area contributed by atoms with E-state index in [9.17, 15) is 5.11 Å². The Bertz CT molecular complexity index is 515. The predicted molar refractivity (Wildman–Crippen MR) is 71.3 cm³/mol. The Morgan fingerprint density at radius 2 is 2.06 bits per heavy atom. The van der Waals surface area contributed by atoms with Crippen molar-refractivity contribution < 1.29 is 5.11 Å². The van der Waals surface area contributed by atoms with Crippen molar-refractivity contribution in [1.82, 2.24) is 9.97 Å². The van der Waals surface area contributed by atoms with Crippen molar-refractivity contribution in [3.8, 4) is 0 Å². The van der Waals surface area contributed by atoms with Crippen molar-refractivity contribution in [2.24, 2.45) is 0 Å². The normalized spacial score (nSPS) is 13.9. The molecule has 0 aliphatic heterocycles. The molecule has 1 atom stereocenters. The first-order chi connectivity index (χ1) is 8.65. The minimum absolute atomic E-state index is 0.0555. The maximum Gasteiger partial charge on any atom is 0.102 e. The molecule has 4 heteroatoms. The number of aryl methyl sites for hydroxylation is 1. The topological polar surface area (TPSA) is 58.0 Å². The number of anilines is 1. The fourth-order valence-electron chi connectivity index (χ4n) is 1.78. The first-order valence-corrected chi connectivity index (χ1v) is 5.87. The maximum atomic E-state index is 9.66. The van der Waals surface area contributed by atoms with E-state index >= 15 is 0 Å². The number of benzene rings is 1. The molecule has 1 heterocycles. The molecule has 1 unspecified atom stereocenters. The molecule has 0 radical (unpaired) electrons. The van der Waals surface area contributed by atoms with Gasteiger partial charge in [-0.3, -0.25) is 9.97 Å². The van der Waals surface area contributed by atoms with Crippen LogP contribution in [0.5, 0.6) is 0 Å². The average molecular weight is 243 g/mol. The Labute approximate surface area is 107 Å². The van der Waals surface area contributed by atoms with Gasteiger partial charge in [-0.2, -0.15) is 0 Å². The molecule has 94 valence electrons. The monoisotopic (exact) mass is 243 g/mol. The number of nitrogens with zero attached hydrogens (tertiary/aromatic N) is 2. The average Bonchev–Trinajstić information content (AvgIpc) is 2.42. The number of aromatic nitrogens is 2. The fourth-order valence-corrected chi connectivity index (χ4v) is 1.78. The largest absolute Gasteiger partial charge is 0.394 e. The number of hydrogen-bond acceptors (Lipinski definition) is 4. The van der Waals surface area contributed by atoms with Crippen LogP contribution in [0.25, 0.3) is 0 Å². The van der Waals surface area contributed by atoms with Gasteiger partial charge >= 0.3 is 0 Å². The van der Waals surface area contributed by atoms with Crippen LogP contribution in [0.2, 0.25) is 0 Å². The van der Waals surface area contributed by atoms with E-state index < -0.39 is 5.54 Å². The summed E-state index contributed by atoms with van der Waals surface area (Å²) in [5, 5.41) is 13.0. The lowest BCUT2D eigenvalue weighted by Gasteiger charge is -2.29. The SMILES string of the molecule is Cc1ccccc1NC(C)(CO)c1cnccn1. The van der Waals surface area contributed by atoms with Crippen LogP contribution in [0.15, 0.2) is 42.9 Å². The highest BCUT2D eigenvalue weighted by molar-refractivity contribution is 5.52. The molecule has 2 aromatic rings. The van der Waals surface area contributed by atoms with Crippen molar-refractivity contribution in [1.29, 1.82) is 0 Å². The highest BCUT2D eigenvalue weighted by Gasteiger charge is 2.27. The van der Waals surface area contributed by atoms with E-state index in [0.29, 0.717) is 0 Å². The summed E-state index contributed by atoms with van der Waals surface area (Å²) in [4.78, 5) is 8.31. The van der Waals surface area contributed by atoms with Crippen LogP contribution in [0.1, 0.15) is 18.2 Å². The Kier molecular flexibility index (Phi) is 3.58. The second-order valence-corrected chi connectivity index (χ2v) is 4.52. The van der Waals surface area contributed by atoms with Gasteiger partial charge in [-0.05, 0) is 25.5 Å². The van der Waals surface area contributed by atoms with Crippen LogP contribution in [0.4, 0.5) is 5.69 Å². The van der Waals surface area contributed by atoms with Crippen molar-refractivity contribution in [2.75, 3.05) is 11.9 Å². The molecule has 0 fully saturated rings. The third-order valence-corrected chi connectivity index (χ3v) is 3.00. The first-order valence-electron chi connectivity index (χ1n) is 5.87. The minimum atomic E-state index is -0.639. The van der Waals surface area contributed by atoms with E-state index in [4.69, 9.17) is 0 Å². The van der Waals surface area contributed by atoms with Crippen LogP contribution in [0, 0.1) is 6.92 Å². The molecule has 0 saturated carbocycles. The van der Waals surface area contributed by atoms with Crippen molar-refractivity contribution >= 4 is 5.69 Å². The summed E-state index contributed by atoms with van der Waals surface area (Å²) in [6, 6.07) is 7.96. The molecule has 18 heavy (non-hydrogen) atoms. The van der Waals surface area contributed by atoms with Crippen LogP contribution in [0.3, 0.4) is 0 Å². The Morgan fingerprint density at radius 3 is 2.67 bits per heavy atom. The Morgan fingerprint density at radius 1 is 1.28 bits per heavy atom. The van der Waals surface area contributed by atoms with Crippen molar-refractivity contribution in [3.05, 3.63) is 54.1 Å². The molecule has 0 bridgehead atoms. The third-order valence-electron chi connectivity index (χ3n) is 3.00. The van der Waals surface area contributed by atoms with Gasteiger partial charge in [0.1, 0.15) is 5.54 Å². The van der Waals surface area contributed by atoms with E-state index in [-0.39, 0.29) is 6.61 Å². The second-order valence-electron chi connectivity index (χ2n) is 4.52. The van der Waals surface area contributed by atoms with Gasteiger partial charge in [-0.1, -0.05) is 18.2 Å². The number of aliphatic hydroxyl groups is 1. The van der Waals surface area contributed by atoms with Crippen LogP contribution in [-0.2, 0) is 5.54 Å². The van der Waals surface area contributed by atoms with Gasteiger partial charge in [-0.15, -0.1) is 0 Å². The lowest BCUT2D eigenvalue weighted by atomic mass is 9.98. The Hall–Kier alpha value is -1.94. The van der Waals surface area contributed by atoms with Crippen molar-refractivity contribution in [2.45, 2.75) is 19.4 Å². The number of nitrogens with one attached hydrogen (secondary N) is 1. The Balaban J connectivity index is 2.32. The predicted octanol–water partition coefficient (Wildman–Crippen LogP) is 2.10. The van der Waals surface area contributed by atoms with E-state index in [2.05, 4.69) is 15.3 Å². The van der Waals surface area contributed by atoms with E-state index in [1.165, 1.54) is 0 Å². The van der Waals surface area contributed by atoms with Gasteiger partial charge < -0.3 is 10.4 Å². The number of aliphatic hydroxyl groups excluding tert-OH is 1. The summed E-state index contributed by atoms with van der Waals surface area (Å²) in [5.41, 5.74) is 2.19. The van der Waals surface area contributed by atoms with E-state index in [1.54, 1.807) is 18.6 Å². The van der Waals surface area contributed by atoms with E-state index in [0.717, 1.165) is 16.9 Å². The third kappa shape index (κ3) is 2.49. The summed E-state index contributed by atoms with van der Waals surface area (Å²) in [7, 11) is 0. The summed E-state index contributed by atoms with van der Waals surface area (Å²) >= 11 is 0. The highest BCUT2D eigenvalue weighted by Crippen LogP contribution is 2.25. The zero-order chi connectivity index (χ0) is 13.0. The maximum absolute atomic E-state index is 9.66. The fraction of sp³-hybridized carbons (Fsp3) is 0.286. The summed E-state index contributed by atoms with van der Waals surface area (Å²) in [5.74, 6) is 0. The minimum Gasteiger partial charge on any atom is -0.394 e.